The third-order valence-corrected chi connectivity index (χ3v) is 3.25. The molecule has 0 fully saturated rings. The minimum atomic E-state index is -3.63. The number of carboxylic acids is 1. The molecule has 0 unspecified atom stereocenters. The van der Waals surface area contributed by atoms with Gasteiger partial charge in [-0.2, -0.15) is 0 Å². The Morgan fingerprint density at radius 1 is 1.56 bits per heavy atom. The lowest BCUT2D eigenvalue weighted by molar-refractivity contribution is -0.134. The highest BCUT2D eigenvalue weighted by molar-refractivity contribution is 7.91. The van der Waals surface area contributed by atoms with Crippen LogP contribution in [0.3, 0.4) is 0 Å². The Bertz CT molecular complexity index is 478. The molecule has 87 valence electrons. The van der Waals surface area contributed by atoms with Crippen molar-refractivity contribution in [3.05, 3.63) is 29.8 Å². The van der Waals surface area contributed by atoms with Gasteiger partial charge in [0.25, 0.3) is 0 Å². The number of rotatable bonds is 5. The van der Waals surface area contributed by atoms with Crippen LogP contribution in [0.4, 0.5) is 0 Å². The van der Waals surface area contributed by atoms with Gasteiger partial charge in [0.15, 0.2) is 9.84 Å². The van der Waals surface area contributed by atoms with E-state index in [9.17, 15) is 13.2 Å². The van der Waals surface area contributed by atoms with Gasteiger partial charge in [0.2, 0.25) is 0 Å². The van der Waals surface area contributed by atoms with Crippen LogP contribution in [0.5, 0.6) is 5.75 Å². The Balaban J connectivity index is 2.83. The standard InChI is InChI=1S/C10H11O5S/c1-15-9-4-2-3-8(5-9)6-16(13,14)7-10(11)12/h2-3,5H,6-7H2,1H3,(H,11,12). The van der Waals surface area contributed by atoms with E-state index in [-0.39, 0.29) is 5.75 Å². The van der Waals surface area contributed by atoms with Crippen molar-refractivity contribution in [2.75, 3.05) is 12.9 Å². The molecule has 5 nitrogen and oxygen atoms in total. The number of methoxy groups -OCH3 is 1. The molecule has 0 saturated carbocycles. The van der Waals surface area contributed by atoms with Crippen molar-refractivity contribution in [3.63, 3.8) is 0 Å². The lowest BCUT2D eigenvalue weighted by Crippen LogP contribution is -2.16. The van der Waals surface area contributed by atoms with Crippen molar-refractivity contribution in [2.45, 2.75) is 5.75 Å². The van der Waals surface area contributed by atoms with Crippen LogP contribution in [0, 0.1) is 6.07 Å². The van der Waals surface area contributed by atoms with Crippen LogP contribution in [0.25, 0.3) is 0 Å². The van der Waals surface area contributed by atoms with Gasteiger partial charge >= 0.3 is 5.97 Å². The molecular formula is C10H11O5S. The van der Waals surface area contributed by atoms with E-state index < -0.39 is 21.6 Å². The van der Waals surface area contributed by atoms with E-state index in [1.807, 2.05) is 0 Å². The monoisotopic (exact) mass is 243 g/mol. The molecule has 0 aromatic heterocycles. The van der Waals surface area contributed by atoms with Gasteiger partial charge in [0.05, 0.1) is 12.9 Å². The quantitative estimate of drug-likeness (QED) is 0.814. The van der Waals surface area contributed by atoms with E-state index in [1.54, 1.807) is 6.07 Å². The van der Waals surface area contributed by atoms with E-state index in [0.717, 1.165) is 0 Å². The highest BCUT2D eigenvalue weighted by atomic mass is 32.2. The van der Waals surface area contributed by atoms with Gasteiger partial charge in [-0.1, -0.05) is 12.1 Å². The van der Waals surface area contributed by atoms with Crippen LogP contribution in [0.2, 0.25) is 0 Å². The molecule has 1 N–H and O–H groups in total. The van der Waals surface area contributed by atoms with E-state index >= 15 is 0 Å². The minimum Gasteiger partial charge on any atom is -0.496 e. The summed E-state index contributed by atoms with van der Waals surface area (Å²) in [4.78, 5) is 10.3. The molecule has 0 atom stereocenters. The summed E-state index contributed by atoms with van der Waals surface area (Å²) in [5.74, 6) is -2.12. The summed E-state index contributed by atoms with van der Waals surface area (Å²) in [6.07, 6.45) is 0. The first kappa shape index (κ1) is 12.5. The number of hydrogen-bond donors (Lipinski definition) is 1. The maximum Gasteiger partial charge on any atom is 0.318 e. The molecule has 1 radical (unpaired) electrons. The van der Waals surface area contributed by atoms with Crippen molar-refractivity contribution >= 4 is 15.8 Å². The molecule has 0 heterocycles. The fraction of sp³-hybridized carbons (Fsp3) is 0.300. The van der Waals surface area contributed by atoms with Crippen LogP contribution < -0.4 is 4.74 Å². The van der Waals surface area contributed by atoms with E-state index in [0.29, 0.717) is 11.3 Å². The molecule has 0 aliphatic rings. The zero-order valence-corrected chi connectivity index (χ0v) is 9.45. The largest absolute Gasteiger partial charge is 0.496 e. The van der Waals surface area contributed by atoms with Gasteiger partial charge < -0.3 is 9.84 Å². The summed E-state index contributed by atoms with van der Waals surface area (Å²) in [6, 6.07) is 7.35. The smallest absolute Gasteiger partial charge is 0.318 e. The van der Waals surface area contributed by atoms with E-state index in [1.165, 1.54) is 19.2 Å². The molecule has 0 saturated heterocycles. The third-order valence-electron chi connectivity index (χ3n) is 1.79. The van der Waals surface area contributed by atoms with Crippen molar-refractivity contribution in [2.24, 2.45) is 0 Å². The van der Waals surface area contributed by atoms with Crippen molar-refractivity contribution < 1.29 is 23.1 Å². The summed E-state index contributed by atoms with van der Waals surface area (Å²) in [7, 11) is -2.18. The molecule has 0 amide bonds. The molecule has 1 aromatic rings. The molecule has 16 heavy (non-hydrogen) atoms. The van der Waals surface area contributed by atoms with Crippen LogP contribution in [-0.4, -0.2) is 32.4 Å². The Morgan fingerprint density at radius 2 is 2.25 bits per heavy atom. The molecule has 1 rings (SSSR count). The number of carboxylic acid groups (broad SMARTS) is 1. The maximum atomic E-state index is 11.4. The zero-order valence-electron chi connectivity index (χ0n) is 8.63. The Morgan fingerprint density at radius 3 is 2.81 bits per heavy atom. The number of benzene rings is 1. The highest BCUT2D eigenvalue weighted by Gasteiger charge is 2.16. The Kier molecular flexibility index (Phi) is 3.89. The number of carbonyl (C=O) groups is 1. The number of hydrogen-bond acceptors (Lipinski definition) is 4. The average Bonchev–Trinajstić information content (AvgIpc) is 2.15. The molecule has 0 bridgehead atoms. The lowest BCUT2D eigenvalue weighted by Gasteiger charge is -2.04. The van der Waals surface area contributed by atoms with E-state index in [4.69, 9.17) is 9.84 Å². The van der Waals surface area contributed by atoms with Gasteiger partial charge in [-0.25, -0.2) is 8.42 Å². The fourth-order valence-electron chi connectivity index (χ4n) is 1.19. The van der Waals surface area contributed by atoms with Crippen LogP contribution in [0.1, 0.15) is 5.56 Å². The average molecular weight is 243 g/mol. The summed E-state index contributed by atoms with van der Waals surface area (Å²) in [5, 5.41) is 8.42. The molecule has 6 heteroatoms. The SMILES string of the molecule is COc1[c]ccc(CS(=O)(=O)CC(=O)O)c1. The van der Waals surface area contributed by atoms with Crippen molar-refractivity contribution in [1.29, 1.82) is 0 Å². The third kappa shape index (κ3) is 3.90. The second-order valence-electron chi connectivity index (χ2n) is 3.19. The topological polar surface area (TPSA) is 80.7 Å². The summed E-state index contributed by atoms with van der Waals surface area (Å²) < 4.78 is 27.6. The van der Waals surface area contributed by atoms with Gasteiger partial charge in [0.1, 0.15) is 11.5 Å². The van der Waals surface area contributed by atoms with Gasteiger partial charge in [-0.15, -0.1) is 0 Å². The van der Waals surface area contributed by atoms with Crippen LogP contribution >= 0.6 is 0 Å². The zero-order chi connectivity index (χ0) is 12.2. The first-order valence-corrected chi connectivity index (χ1v) is 6.22. The molecule has 0 spiro atoms. The first-order valence-electron chi connectivity index (χ1n) is 4.40. The van der Waals surface area contributed by atoms with Crippen molar-refractivity contribution in [3.8, 4) is 5.75 Å². The number of ether oxygens (including phenoxy) is 1. The normalized spacial score (nSPS) is 11.1. The van der Waals surface area contributed by atoms with Crippen LogP contribution in [0.15, 0.2) is 18.2 Å². The second-order valence-corrected chi connectivity index (χ2v) is 5.26. The summed E-state index contributed by atoms with van der Waals surface area (Å²) in [6.45, 7) is 0. The fourth-order valence-corrected chi connectivity index (χ4v) is 2.36. The maximum absolute atomic E-state index is 11.4. The molecule has 1 aromatic carbocycles. The van der Waals surface area contributed by atoms with E-state index in [2.05, 4.69) is 6.07 Å². The summed E-state index contributed by atoms with van der Waals surface area (Å²) in [5.41, 5.74) is 0.483. The summed E-state index contributed by atoms with van der Waals surface area (Å²) >= 11 is 0. The predicted molar refractivity (Wildman–Crippen MR) is 57.0 cm³/mol. The molecule has 0 aliphatic heterocycles. The molecule has 0 aliphatic carbocycles. The van der Waals surface area contributed by atoms with Crippen LogP contribution in [-0.2, 0) is 20.4 Å². The number of aliphatic carboxylic acids is 1. The highest BCUT2D eigenvalue weighted by Crippen LogP contribution is 2.14. The first-order chi connectivity index (χ1) is 7.43. The van der Waals surface area contributed by atoms with Gasteiger partial charge in [-0.3, -0.25) is 4.79 Å². The minimum absolute atomic E-state index is 0.315. The van der Waals surface area contributed by atoms with Gasteiger partial charge in [0, 0.05) is 6.07 Å². The van der Waals surface area contributed by atoms with Gasteiger partial charge in [-0.05, 0) is 11.6 Å². The Labute approximate surface area is 93.6 Å². The molecular weight excluding hydrogens is 232 g/mol. The van der Waals surface area contributed by atoms with Crippen molar-refractivity contribution in [1.82, 2.24) is 0 Å². The number of sulfone groups is 1. The lowest BCUT2D eigenvalue weighted by atomic mass is 10.2. The predicted octanol–water partition coefficient (Wildman–Crippen LogP) is 0.495. The Hall–Kier alpha value is -1.56. The second kappa shape index (κ2) is 4.98.